The van der Waals surface area contributed by atoms with Crippen molar-refractivity contribution in [1.82, 2.24) is 5.43 Å². The van der Waals surface area contributed by atoms with Crippen LogP contribution in [0.1, 0.15) is 34.2 Å². The summed E-state index contributed by atoms with van der Waals surface area (Å²) in [6.45, 7) is 5.65. The Hall–Kier alpha value is -3.80. The first-order valence-electron chi connectivity index (χ1n) is 11.6. The second-order valence-corrected chi connectivity index (χ2v) is 8.51. The molecule has 34 heavy (non-hydrogen) atoms. The van der Waals surface area contributed by atoms with Gasteiger partial charge in [0.05, 0.1) is 13.3 Å². The molecule has 0 unspecified atom stereocenters. The molecule has 176 valence electrons. The fourth-order valence-electron chi connectivity index (χ4n) is 4.22. The van der Waals surface area contributed by atoms with Gasteiger partial charge in [0.1, 0.15) is 11.5 Å². The molecule has 0 saturated heterocycles. The Labute approximate surface area is 201 Å². The number of rotatable bonds is 8. The molecule has 0 spiro atoms. The second kappa shape index (κ2) is 10.9. The van der Waals surface area contributed by atoms with Crippen molar-refractivity contribution < 1.29 is 14.3 Å². The highest BCUT2D eigenvalue weighted by Gasteiger charge is 2.18. The summed E-state index contributed by atoms with van der Waals surface area (Å²) in [4.78, 5) is 14.6. The van der Waals surface area contributed by atoms with E-state index in [1.807, 2.05) is 44.2 Å². The molecule has 0 fully saturated rings. The molecule has 6 heteroatoms. The zero-order valence-electron chi connectivity index (χ0n) is 20.0. The topological polar surface area (TPSA) is 63.2 Å². The lowest BCUT2D eigenvalue weighted by atomic mass is 10.0. The number of nitrogens with zero attached hydrogens (tertiary/aromatic N) is 2. The fraction of sp³-hybridized carbons (Fsp3) is 0.286. The molecule has 1 aliphatic rings. The van der Waals surface area contributed by atoms with Crippen molar-refractivity contribution >= 4 is 17.8 Å². The number of aryl methyl sites for hydroxylation is 2. The summed E-state index contributed by atoms with van der Waals surface area (Å²) in [5.74, 6) is 1.24. The number of nitrogens with one attached hydrogen (secondary N) is 1. The highest BCUT2D eigenvalue weighted by molar-refractivity contribution is 5.83. The number of ether oxygens (including phenoxy) is 2. The number of hydrazone groups is 1. The van der Waals surface area contributed by atoms with Crippen LogP contribution in [0.2, 0.25) is 0 Å². The number of amides is 1. The molecule has 4 rings (SSSR count). The summed E-state index contributed by atoms with van der Waals surface area (Å²) in [5, 5.41) is 4.11. The van der Waals surface area contributed by atoms with E-state index >= 15 is 0 Å². The normalized spacial score (nSPS) is 13.0. The summed E-state index contributed by atoms with van der Waals surface area (Å²) < 4.78 is 11.2. The van der Waals surface area contributed by atoms with E-state index in [0.29, 0.717) is 5.75 Å². The quantitative estimate of drug-likeness (QED) is 0.390. The van der Waals surface area contributed by atoms with E-state index in [1.54, 1.807) is 13.3 Å². The number of carbonyl (C=O) groups excluding carboxylic acids is 1. The molecule has 1 aliphatic heterocycles. The SMILES string of the molecule is COc1ccc(C=NNC(=O)COc2cccc(C)c2C)cc1CN1CCCc2ccccc21. The molecule has 0 saturated carbocycles. The summed E-state index contributed by atoms with van der Waals surface area (Å²) in [6, 6.07) is 20.3. The van der Waals surface area contributed by atoms with E-state index in [1.165, 1.54) is 11.3 Å². The lowest BCUT2D eigenvalue weighted by Gasteiger charge is -2.31. The van der Waals surface area contributed by atoms with E-state index < -0.39 is 0 Å². The van der Waals surface area contributed by atoms with Crippen molar-refractivity contribution in [3.63, 3.8) is 0 Å². The van der Waals surface area contributed by atoms with Crippen LogP contribution in [0.4, 0.5) is 5.69 Å². The van der Waals surface area contributed by atoms with E-state index in [0.717, 1.165) is 53.9 Å². The van der Waals surface area contributed by atoms with Gasteiger partial charge < -0.3 is 14.4 Å². The molecule has 3 aromatic carbocycles. The maximum Gasteiger partial charge on any atom is 0.277 e. The van der Waals surface area contributed by atoms with Gasteiger partial charge in [-0.1, -0.05) is 30.3 Å². The third kappa shape index (κ3) is 5.57. The highest BCUT2D eigenvalue weighted by atomic mass is 16.5. The number of hydrogen-bond acceptors (Lipinski definition) is 5. The first-order chi connectivity index (χ1) is 16.5. The van der Waals surface area contributed by atoms with Crippen molar-refractivity contribution in [3.8, 4) is 11.5 Å². The van der Waals surface area contributed by atoms with Gasteiger partial charge in [-0.25, -0.2) is 5.43 Å². The van der Waals surface area contributed by atoms with Crippen molar-refractivity contribution in [2.24, 2.45) is 5.10 Å². The minimum atomic E-state index is -0.309. The van der Waals surface area contributed by atoms with Gasteiger partial charge in [0.15, 0.2) is 6.61 Å². The molecule has 0 aliphatic carbocycles. The zero-order chi connectivity index (χ0) is 23.9. The standard InChI is InChI=1S/C28H31N3O3/c1-20-8-6-12-26(21(20)2)34-19-28(32)30-29-17-22-13-14-27(33-3)24(16-22)18-31-15-7-10-23-9-4-5-11-25(23)31/h4-6,8-9,11-14,16-17H,7,10,15,18-19H2,1-3H3,(H,30,32). The van der Waals surface area contributed by atoms with Gasteiger partial charge in [-0.15, -0.1) is 0 Å². The van der Waals surface area contributed by atoms with Crippen molar-refractivity contribution in [2.45, 2.75) is 33.2 Å². The zero-order valence-corrected chi connectivity index (χ0v) is 20.0. The number of fused-ring (bicyclic) bond motifs is 1. The van der Waals surface area contributed by atoms with E-state index in [4.69, 9.17) is 9.47 Å². The van der Waals surface area contributed by atoms with Crippen LogP contribution in [0.5, 0.6) is 11.5 Å². The van der Waals surface area contributed by atoms with E-state index in [9.17, 15) is 4.79 Å². The summed E-state index contributed by atoms with van der Waals surface area (Å²) in [6.07, 6.45) is 3.89. The van der Waals surface area contributed by atoms with Gasteiger partial charge in [-0.05, 0) is 79.3 Å². The van der Waals surface area contributed by atoms with E-state index in [-0.39, 0.29) is 12.5 Å². The molecule has 0 atom stereocenters. The Bertz CT molecular complexity index is 1190. The third-order valence-corrected chi connectivity index (χ3v) is 6.19. The molecule has 0 bridgehead atoms. The van der Waals surface area contributed by atoms with Crippen LogP contribution in [-0.4, -0.2) is 32.4 Å². The van der Waals surface area contributed by atoms with Crippen LogP contribution in [0.25, 0.3) is 0 Å². The molecular weight excluding hydrogens is 426 g/mol. The Morgan fingerprint density at radius 3 is 2.79 bits per heavy atom. The lowest BCUT2D eigenvalue weighted by molar-refractivity contribution is -0.123. The predicted molar refractivity (Wildman–Crippen MR) is 136 cm³/mol. The first kappa shape index (κ1) is 23.4. The molecule has 0 radical (unpaired) electrons. The number of para-hydroxylation sites is 1. The van der Waals surface area contributed by atoms with Crippen molar-refractivity contribution in [1.29, 1.82) is 0 Å². The molecule has 1 amide bonds. The molecule has 0 aromatic heterocycles. The Balaban J connectivity index is 1.39. The Morgan fingerprint density at radius 2 is 1.94 bits per heavy atom. The van der Waals surface area contributed by atoms with Crippen LogP contribution in [-0.2, 0) is 17.8 Å². The van der Waals surface area contributed by atoms with Crippen molar-refractivity contribution in [3.05, 3.63) is 88.5 Å². The molecule has 1 N–H and O–H groups in total. The number of methoxy groups -OCH3 is 1. The molecule has 3 aromatic rings. The fourth-order valence-corrected chi connectivity index (χ4v) is 4.22. The minimum Gasteiger partial charge on any atom is -0.496 e. The van der Waals surface area contributed by atoms with E-state index in [2.05, 4.69) is 45.8 Å². The number of benzene rings is 3. The average molecular weight is 458 g/mol. The van der Waals surface area contributed by atoms with Gasteiger partial charge >= 0.3 is 0 Å². The van der Waals surface area contributed by atoms with Gasteiger partial charge in [-0.3, -0.25) is 4.79 Å². The number of carbonyl (C=O) groups is 1. The lowest BCUT2D eigenvalue weighted by Crippen LogP contribution is -2.29. The molecule has 1 heterocycles. The third-order valence-electron chi connectivity index (χ3n) is 6.19. The minimum absolute atomic E-state index is 0.0934. The van der Waals surface area contributed by atoms with Crippen LogP contribution in [0, 0.1) is 13.8 Å². The summed E-state index contributed by atoms with van der Waals surface area (Å²) in [5.41, 5.74) is 9.33. The monoisotopic (exact) mass is 457 g/mol. The Morgan fingerprint density at radius 1 is 1.09 bits per heavy atom. The maximum absolute atomic E-state index is 12.2. The maximum atomic E-state index is 12.2. The van der Waals surface area contributed by atoms with Crippen molar-refractivity contribution in [2.75, 3.05) is 25.2 Å². The van der Waals surface area contributed by atoms with Gasteiger partial charge in [-0.2, -0.15) is 5.10 Å². The smallest absolute Gasteiger partial charge is 0.277 e. The predicted octanol–water partition coefficient (Wildman–Crippen LogP) is 4.79. The highest BCUT2D eigenvalue weighted by Crippen LogP contribution is 2.30. The summed E-state index contributed by atoms with van der Waals surface area (Å²) in [7, 11) is 1.69. The second-order valence-electron chi connectivity index (χ2n) is 8.51. The Kier molecular flexibility index (Phi) is 7.48. The van der Waals surface area contributed by atoms with Gasteiger partial charge in [0.2, 0.25) is 0 Å². The molecular formula is C28H31N3O3. The molecule has 6 nitrogen and oxygen atoms in total. The largest absolute Gasteiger partial charge is 0.496 e. The van der Waals surface area contributed by atoms with Crippen LogP contribution in [0.15, 0.2) is 65.8 Å². The average Bonchev–Trinajstić information content (AvgIpc) is 2.85. The van der Waals surface area contributed by atoms with Gasteiger partial charge in [0.25, 0.3) is 5.91 Å². The summed E-state index contributed by atoms with van der Waals surface area (Å²) >= 11 is 0. The first-order valence-corrected chi connectivity index (χ1v) is 11.6. The van der Waals surface area contributed by atoms with Crippen LogP contribution >= 0.6 is 0 Å². The van der Waals surface area contributed by atoms with Gasteiger partial charge in [0, 0.05) is 24.3 Å². The number of hydrogen-bond donors (Lipinski definition) is 1. The van der Waals surface area contributed by atoms with Crippen LogP contribution < -0.4 is 19.8 Å². The van der Waals surface area contributed by atoms with Crippen LogP contribution in [0.3, 0.4) is 0 Å². The number of anilines is 1.